The van der Waals surface area contributed by atoms with Crippen LogP contribution in [-0.4, -0.2) is 46.7 Å². The summed E-state index contributed by atoms with van der Waals surface area (Å²) in [6.45, 7) is -2.70. The minimum absolute atomic E-state index is 0.431. The molecule has 1 aromatic carbocycles. The second kappa shape index (κ2) is 7.57. The van der Waals surface area contributed by atoms with Crippen molar-refractivity contribution in [1.82, 2.24) is 10.0 Å². The van der Waals surface area contributed by atoms with Gasteiger partial charge >= 0.3 is 12.1 Å². The van der Waals surface area contributed by atoms with Crippen LogP contribution in [0.4, 0.5) is 17.6 Å². The molecule has 0 aliphatic heterocycles. The van der Waals surface area contributed by atoms with Gasteiger partial charge in [-0.3, -0.25) is 4.79 Å². The lowest BCUT2D eigenvalue weighted by molar-refractivity contribution is -0.140. The lowest BCUT2D eigenvalue weighted by Gasteiger charge is -2.10. The van der Waals surface area contributed by atoms with Crippen molar-refractivity contribution >= 4 is 21.9 Å². The lowest BCUT2D eigenvalue weighted by atomic mass is 10.2. The van der Waals surface area contributed by atoms with Gasteiger partial charge in [0.15, 0.2) is 6.61 Å². The van der Waals surface area contributed by atoms with Gasteiger partial charge in [0.1, 0.15) is 12.4 Å². The highest BCUT2D eigenvalue weighted by Crippen LogP contribution is 2.16. The molecule has 0 saturated carbocycles. The van der Waals surface area contributed by atoms with Gasteiger partial charge in [-0.25, -0.2) is 22.3 Å². The first-order chi connectivity index (χ1) is 11.0. The Bertz CT molecular complexity index is 733. The summed E-state index contributed by atoms with van der Waals surface area (Å²) in [6.07, 6.45) is -4.64. The zero-order valence-corrected chi connectivity index (χ0v) is 12.9. The number of benzene rings is 1. The van der Waals surface area contributed by atoms with Gasteiger partial charge in [-0.15, -0.1) is 0 Å². The summed E-state index contributed by atoms with van der Waals surface area (Å²) >= 11 is 0. The second-order valence-electron chi connectivity index (χ2n) is 4.32. The Balaban J connectivity index is 2.78. The van der Waals surface area contributed by atoms with E-state index in [2.05, 4.69) is 4.74 Å². The van der Waals surface area contributed by atoms with Crippen molar-refractivity contribution in [2.75, 3.05) is 20.2 Å². The Morgan fingerprint density at radius 3 is 2.42 bits per heavy atom. The molecule has 134 valence electrons. The summed E-state index contributed by atoms with van der Waals surface area (Å²) < 4.78 is 78.7. The average Bonchev–Trinajstić information content (AvgIpc) is 2.50. The highest BCUT2D eigenvalue weighted by atomic mass is 32.2. The fourth-order valence-electron chi connectivity index (χ4n) is 1.40. The molecular weight excluding hydrogens is 360 g/mol. The lowest BCUT2D eigenvalue weighted by Crippen LogP contribution is -2.36. The summed E-state index contributed by atoms with van der Waals surface area (Å²) in [5, 5.41) is 1.45. The molecule has 0 saturated heterocycles. The molecule has 1 rings (SSSR count). The van der Waals surface area contributed by atoms with E-state index in [1.807, 2.05) is 4.72 Å². The van der Waals surface area contributed by atoms with Crippen LogP contribution in [-0.2, 0) is 19.6 Å². The smallest absolute Gasteiger partial charge is 0.405 e. The molecular formula is C12H12F4N2O5S. The molecule has 7 nitrogen and oxygen atoms in total. The normalized spacial score (nSPS) is 11.9. The number of carbonyl (C=O) groups excluding carboxylic acids is 2. The zero-order chi connectivity index (χ0) is 18.5. The molecule has 0 spiro atoms. The first-order valence-electron chi connectivity index (χ1n) is 6.20. The maximum atomic E-state index is 13.6. The van der Waals surface area contributed by atoms with Crippen LogP contribution in [0.15, 0.2) is 23.1 Å². The molecule has 2 N–H and O–H groups in total. The molecule has 0 bridgehead atoms. The fourth-order valence-corrected chi connectivity index (χ4v) is 2.16. The van der Waals surface area contributed by atoms with Gasteiger partial charge in [-0.1, -0.05) is 0 Å². The van der Waals surface area contributed by atoms with Crippen molar-refractivity contribution in [2.24, 2.45) is 0 Å². The number of rotatable bonds is 6. The van der Waals surface area contributed by atoms with Crippen LogP contribution in [0, 0.1) is 5.82 Å². The molecule has 0 aliphatic rings. The van der Waals surface area contributed by atoms with Gasteiger partial charge in [0.25, 0.3) is 5.91 Å². The van der Waals surface area contributed by atoms with E-state index in [1.54, 1.807) is 0 Å². The third-order valence-electron chi connectivity index (χ3n) is 2.56. The largest absolute Gasteiger partial charge is 0.452 e. The van der Waals surface area contributed by atoms with Gasteiger partial charge in [-0.2, -0.15) is 13.2 Å². The SMILES string of the molecule is CNS(=O)(=O)c1ccc(F)c(C(=O)OCC(=O)NCC(F)(F)F)c1. The van der Waals surface area contributed by atoms with Gasteiger partial charge in [0.2, 0.25) is 10.0 Å². The molecule has 0 unspecified atom stereocenters. The maximum absolute atomic E-state index is 13.6. The van der Waals surface area contributed by atoms with Crippen LogP contribution in [0.3, 0.4) is 0 Å². The number of amides is 1. The first kappa shape index (κ1) is 19.8. The number of nitrogens with one attached hydrogen (secondary N) is 2. The van der Waals surface area contributed by atoms with Gasteiger partial charge in [0.05, 0.1) is 10.5 Å². The van der Waals surface area contributed by atoms with E-state index < -0.39 is 57.5 Å². The third-order valence-corrected chi connectivity index (χ3v) is 3.97. The van der Waals surface area contributed by atoms with Crippen LogP contribution in [0.25, 0.3) is 0 Å². The van der Waals surface area contributed by atoms with Crippen LogP contribution in [0.2, 0.25) is 0 Å². The monoisotopic (exact) mass is 372 g/mol. The summed E-state index contributed by atoms with van der Waals surface area (Å²) in [5.74, 6) is -3.77. The number of ether oxygens (including phenoxy) is 1. The average molecular weight is 372 g/mol. The van der Waals surface area contributed by atoms with Crippen molar-refractivity contribution in [3.63, 3.8) is 0 Å². The van der Waals surface area contributed by atoms with E-state index in [-0.39, 0.29) is 0 Å². The van der Waals surface area contributed by atoms with E-state index in [0.29, 0.717) is 12.1 Å². The summed E-state index contributed by atoms with van der Waals surface area (Å²) in [4.78, 5) is 22.3. The van der Waals surface area contributed by atoms with E-state index >= 15 is 0 Å². The Labute approximate surface area is 134 Å². The molecule has 0 aliphatic carbocycles. The van der Waals surface area contributed by atoms with Crippen molar-refractivity contribution in [3.8, 4) is 0 Å². The number of halogens is 4. The van der Waals surface area contributed by atoms with Crippen molar-refractivity contribution in [3.05, 3.63) is 29.6 Å². The van der Waals surface area contributed by atoms with Crippen molar-refractivity contribution in [1.29, 1.82) is 0 Å². The quantitative estimate of drug-likeness (QED) is 0.562. The number of hydrogen-bond acceptors (Lipinski definition) is 5. The molecule has 0 atom stereocenters. The Kier molecular flexibility index (Phi) is 6.26. The highest BCUT2D eigenvalue weighted by molar-refractivity contribution is 7.89. The van der Waals surface area contributed by atoms with Gasteiger partial charge in [0, 0.05) is 0 Å². The molecule has 0 fully saturated rings. The Hall–Kier alpha value is -2.21. The predicted octanol–water partition coefficient (Wildman–Crippen LogP) is 0.569. The summed E-state index contributed by atoms with van der Waals surface area (Å²) in [7, 11) is -2.86. The van der Waals surface area contributed by atoms with Crippen LogP contribution in [0.1, 0.15) is 10.4 Å². The fraction of sp³-hybridized carbons (Fsp3) is 0.333. The van der Waals surface area contributed by atoms with Gasteiger partial charge < -0.3 is 10.1 Å². The standard InChI is InChI=1S/C12H12F4N2O5S/c1-17-24(21,22)7-2-3-9(13)8(4-7)11(20)23-5-10(19)18-6-12(14,15)16/h2-4,17H,5-6H2,1H3,(H,18,19). The summed E-state index contributed by atoms with van der Waals surface area (Å²) in [6, 6.07) is 2.27. The number of esters is 1. The van der Waals surface area contributed by atoms with E-state index in [0.717, 1.165) is 13.1 Å². The first-order valence-corrected chi connectivity index (χ1v) is 7.68. The number of alkyl halides is 3. The third kappa shape index (κ3) is 5.77. The number of sulfonamides is 1. The second-order valence-corrected chi connectivity index (χ2v) is 6.20. The van der Waals surface area contributed by atoms with Crippen LogP contribution in [0.5, 0.6) is 0 Å². The highest BCUT2D eigenvalue weighted by Gasteiger charge is 2.28. The minimum atomic E-state index is -4.64. The predicted molar refractivity (Wildman–Crippen MR) is 72.0 cm³/mol. The molecule has 24 heavy (non-hydrogen) atoms. The van der Waals surface area contributed by atoms with Crippen LogP contribution >= 0.6 is 0 Å². The molecule has 12 heteroatoms. The molecule has 0 aromatic heterocycles. The maximum Gasteiger partial charge on any atom is 0.405 e. The minimum Gasteiger partial charge on any atom is -0.452 e. The molecule has 0 heterocycles. The van der Waals surface area contributed by atoms with E-state index in [9.17, 15) is 35.6 Å². The topological polar surface area (TPSA) is 102 Å². The zero-order valence-electron chi connectivity index (χ0n) is 12.1. The van der Waals surface area contributed by atoms with Crippen LogP contribution < -0.4 is 10.0 Å². The number of carbonyl (C=O) groups is 2. The molecule has 1 amide bonds. The Morgan fingerprint density at radius 1 is 1.25 bits per heavy atom. The Morgan fingerprint density at radius 2 is 1.88 bits per heavy atom. The number of hydrogen-bond donors (Lipinski definition) is 2. The van der Waals surface area contributed by atoms with Crippen molar-refractivity contribution < 1.29 is 40.3 Å². The van der Waals surface area contributed by atoms with Gasteiger partial charge in [-0.05, 0) is 25.2 Å². The van der Waals surface area contributed by atoms with E-state index in [4.69, 9.17) is 0 Å². The van der Waals surface area contributed by atoms with Crippen molar-refractivity contribution in [2.45, 2.75) is 11.1 Å². The van der Waals surface area contributed by atoms with E-state index in [1.165, 1.54) is 5.32 Å². The summed E-state index contributed by atoms with van der Waals surface area (Å²) in [5.41, 5.74) is -0.782. The molecule has 1 aromatic rings. The molecule has 0 radical (unpaired) electrons.